The number of para-hydroxylation sites is 2. The molecule has 0 radical (unpaired) electrons. The van der Waals surface area contributed by atoms with Gasteiger partial charge >= 0.3 is 0 Å². The third-order valence-electron chi connectivity index (χ3n) is 2.62. The lowest BCUT2D eigenvalue weighted by molar-refractivity contribution is 0.362. The van der Waals surface area contributed by atoms with Crippen molar-refractivity contribution >= 4 is 11.9 Å². The number of hydrogen-bond acceptors (Lipinski definition) is 4. The zero-order chi connectivity index (χ0) is 14.8. The monoisotopic (exact) mass is 277 g/mol. The Kier molecular flexibility index (Phi) is 5.59. The van der Waals surface area contributed by atoms with Crippen molar-refractivity contribution in [3.63, 3.8) is 0 Å². The molecule has 4 nitrogen and oxygen atoms in total. The fourth-order valence-electron chi connectivity index (χ4n) is 1.65. The molecule has 21 heavy (non-hydrogen) atoms. The molecule has 0 saturated heterocycles. The number of anilines is 1. The first-order chi connectivity index (χ1) is 10.4. The Morgan fingerprint density at radius 1 is 1.10 bits per heavy atom. The van der Waals surface area contributed by atoms with Crippen LogP contribution in [0.1, 0.15) is 5.56 Å². The molecule has 0 fully saturated rings. The van der Waals surface area contributed by atoms with Gasteiger partial charge in [-0.25, -0.2) is 0 Å². The largest absolute Gasteiger partial charge is 0.489 e. The maximum absolute atomic E-state index is 8.42. The minimum absolute atomic E-state index is 0.352. The number of nitriles is 1. The van der Waals surface area contributed by atoms with Gasteiger partial charge < -0.3 is 4.74 Å². The molecule has 2 rings (SSSR count). The van der Waals surface area contributed by atoms with Gasteiger partial charge in [-0.1, -0.05) is 30.3 Å². The Hall–Kier alpha value is -3.06. The predicted octanol–water partition coefficient (Wildman–Crippen LogP) is 3.59. The van der Waals surface area contributed by atoms with Crippen molar-refractivity contribution in [1.29, 1.82) is 5.26 Å². The highest BCUT2D eigenvalue weighted by atomic mass is 16.5. The van der Waals surface area contributed by atoms with Crippen LogP contribution in [-0.4, -0.2) is 12.8 Å². The van der Waals surface area contributed by atoms with Crippen molar-refractivity contribution < 1.29 is 4.74 Å². The van der Waals surface area contributed by atoms with Gasteiger partial charge in [0.05, 0.1) is 18.0 Å². The molecule has 0 aliphatic rings. The fourth-order valence-corrected chi connectivity index (χ4v) is 1.65. The van der Waals surface area contributed by atoms with E-state index in [9.17, 15) is 0 Å². The van der Waals surface area contributed by atoms with Crippen LogP contribution in [0.2, 0.25) is 0 Å². The van der Waals surface area contributed by atoms with Crippen LogP contribution < -0.4 is 10.2 Å². The number of ether oxygens (including phenoxy) is 1. The fraction of sp³-hybridized carbons (Fsp3) is 0.0588. The molecule has 0 amide bonds. The Bertz CT molecular complexity index is 657. The van der Waals surface area contributed by atoms with E-state index in [0.717, 1.165) is 17.0 Å². The first kappa shape index (κ1) is 14.4. The molecule has 0 aromatic heterocycles. The number of allylic oxidation sites excluding steroid dienone is 1. The second-order valence-corrected chi connectivity index (χ2v) is 4.12. The number of benzene rings is 2. The van der Waals surface area contributed by atoms with E-state index < -0.39 is 0 Å². The Morgan fingerprint density at radius 3 is 2.67 bits per heavy atom. The highest BCUT2D eigenvalue weighted by Gasteiger charge is 1.99. The van der Waals surface area contributed by atoms with Crippen molar-refractivity contribution in [3.05, 3.63) is 72.3 Å². The predicted molar refractivity (Wildman–Crippen MR) is 84.3 cm³/mol. The molecule has 1 N–H and O–H groups in total. The molecule has 0 saturated carbocycles. The van der Waals surface area contributed by atoms with E-state index in [1.165, 1.54) is 6.08 Å². The highest BCUT2D eigenvalue weighted by Crippen LogP contribution is 2.16. The molecular formula is C17H15N3O. The van der Waals surface area contributed by atoms with Crippen molar-refractivity contribution in [3.8, 4) is 11.8 Å². The van der Waals surface area contributed by atoms with E-state index in [4.69, 9.17) is 10.00 Å². The van der Waals surface area contributed by atoms with Crippen LogP contribution in [0, 0.1) is 11.3 Å². The highest BCUT2D eigenvalue weighted by molar-refractivity contribution is 5.83. The Labute approximate surface area is 124 Å². The number of hydrogen-bond donors (Lipinski definition) is 1. The SMILES string of the molecule is N#CC=CCOc1ccccc1C=NNc1ccccc1. The lowest BCUT2D eigenvalue weighted by Crippen LogP contribution is -1.98. The van der Waals surface area contributed by atoms with Gasteiger partial charge in [0.1, 0.15) is 12.4 Å². The zero-order valence-electron chi connectivity index (χ0n) is 11.4. The standard InChI is InChI=1S/C17H15N3O/c18-12-6-7-13-21-17-11-5-4-8-15(17)14-19-20-16-9-2-1-3-10-16/h1-11,14,20H,13H2. The molecule has 4 heteroatoms. The summed E-state index contributed by atoms with van der Waals surface area (Å²) in [6.45, 7) is 0.352. The van der Waals surface area contributed by atoms with Gasteiger partial charge in [0.2, 0.25) is 0 Å². The quantitative estimate of drug-likeness (QED) is 0.498. The van der Waals surface area contributed by atoms with Crippen molar-refractivity contribution in [2.75, 3.05) is 12.0 Å². The average Bonchev–Trinajstić information content (AvgIpc) is 2.54. The molecule has 104 valence electrons. The number of hydrazone groups is 1. The van der Waals surface area contributed by atoms with Crippen LogP contribution in [0.15, 0.2) is 71.9 Å². The van der Waals surface area contributed by atoms with E-state index in [2.05, 4.69) is 10.5 Å². The summed E-state index contributed by atoms with van der Waals surface area (Å²) >= 11 is 0. The molecule has 2 aromatic carbocycles. The van der Waals surface area contributed by atoms with Crippen LogP contribution in [0.25, 0.3) is 0 Å². The van der Waals surface area contributed by atoms with E-state index in [1.807, 2.05) is 60.7 Å². The lowest BCUT2D eigenvalue weighted by Gasteiger charge is -2.06. The van der Waals surface area contributed by atoms with E-state index >= 15 is 0 Å². The second-order valence-electron chi connectivity index (χ2n) is 4.12. The van der Waals surface area contributed by atoms with Crippen molar-refractivity contribution in [1.82, 2.24) is 0 Å². The summed E-state index contributed by atoms with van der Waals surface area (Å²) in [6.07, 6.45) is 4.76. The molecule has 0 aliphatic heterocycles. The van der Waals surface area contributed by atoms with Gasteiger partial charge in [-0.05, 0) is 30.3 Å². The van der Waals surface area contributed by atoms with Crippen molar-refractivity contribution in [2.45, 2.75) is 0 Å². The second kappa shape index (κ2) is 8.18. The summed E-state index contributed by atoms with van der Waals surface area (Å²) in [5.41, 5.74) is 4.74. The van der Waals surface area contributed by atoms with Crippen LogP contribution in [0.3, 0.4) is 0 Å². The molecule has 0 aliphatic carbocycles. The zero-order valence-corrected chi connectivity index (χ0v) is 11.4. The van der Waals surface area contributed by atoms with Crippen molar-refractivity contribution in [2.24, 2.45) is 5.10 Å². The molecule has 2 aromatic rings. The molecule has 0 unspecified atom stereocenters. The molecular weight excluding hydrogens is 262 g/mol. The van der Waals surface area contributed by atoms with Gasteiger partial charge in [-0.3, -0.25) is 5.43 Å². The molecule has 0 heterocycles. The lowest BCUT2D eigenvalue weighted by atomic mass is 10.2. The molecule has 0 spiro atoms. The van der Waals surface area contributed by atoms with Crippen LogP contribution in [-0.2, 0) is 0 Å². The Balaban J connectivity index is 1.99. The van der Waals surface area contributed by atoms with Crippen LogP contribution >= 0.6 is 0 Å². The smallest absolute Gasteiger partial charge is 0.128 e. The summed E-state index contributed by atoms with van der Waals surface area (Å²) in [6, 6.07) is 19.2. The van der Waals surface area contributed by atoms with Crippen LogP contribution in [0.5, 0.6) is 5.75 Å². The summed E-state index contributed by atoms with van der Waals surface area (Å²) in [7, 11) is 0. The number of nitrogens with one attached hydrogen (secondary N) is 1. The topological polar surface area (TPSA) is 57.4 Å². The maximum atomic E-state index is 8.42. The average molecular weight is 277 g/mol. The minimum atomic E-state index is 0.352. The minimum Gasteiger partial charge on any atom is -0.489 e. The number of rotatable bonds is 6. The van der Waals surface area contributed by atoms with E-state index in [1.54, 1.807) is 12.3 Å². The summed E-state index contributed by atoms with van der Waals surface area (Å²) in [5.74, 6) is 0.721. The van der Waals surface area contributed by atoms with Crippen LogP contribution in [0.4, 0.5) is 5.69 Å². The molecule has 0 atom stereocenters. The van der Waals surface area contributed by atoms with Gasteiger partial charge in [0.15, 0.2) is 0 Å². The summed E-state index contributed by atoms with van der Waals surface area (Å²) in [4.78, 5) is 0. The third-order valence-corrected chi connectivity index (χ3v) is 2.62. The van der Waals surface area contributed by atoms with Gasteiger partial charge in [-0.2, -0.15) is 10.4 Å². The Morgan fingerprint density at radius 2 is 1.86 bits per heavy atom. The first-order valence-electron chi connectivity index (χ1n) is 6.51. The van der Waals surface area contributed by atoms with Gasteiger partial charge in [0.25, 0.3) is 0 Å². The van der Waals surface area contributed by atoms with E-state index in [-0.39, 0.29) is 0 Å². The summed E-state index contributed by atoms with van der Waals surface area (Å²) in [5, 5.41) is 12.6. The first-order valence-corrected chi connectivity index (χ1v) is 6.51. The van der Waals surface area contributed by atoms with Gasteiger partial charge in [-0.15, -0.1) is 0 Å². The summed E-state index contributed by atoms with van der Waals surface area (Å²) < 4.78 is 5.59. The van der Waals surface area contributed by atoms with E-state index in [0.29, 0.717) is 6.61 Å². The van der Waals surface area contributed by atoms with Gasteiger partial charge in [0, 0.05) is 11.6 Å². The third kappa shape index (κ3) is 4.84. The maximum Gasteiger partial charge on any atom is 0.128 e. The normalized spacial score (nSPS) is 10.6. The molecule has 0 bridgehead atoms. The number of nitrogens with zero attached hydrogens (tertiary/aromatic N) is 2.